The highest BCUT2D eigenvalue weighted by Crippen LogP contribution is 2.52. The van der Waals surface area contributed by atoms with Crippen LogP contribution in [0.4, 0.5) is 0 Å². The molecule has 1 aromatic rings. The standard InChI is InChI=1S/C17H22O4S/c1-19-13-8-11-12(18)9-22-14-7-5-4-6-10(14)15(11)17(21-3)16(13)20-2/h8,10,14H,4-7,9H2,1-3H3/t10-,14-/m1/s1. The summed E-state index contributed by atoms with van der Waals surface area (Å²) >= 11 is 1.79. The summed E-state index contributed by atoms with van der Waals surface area (Å²) in [6, 6.07) is 1.83. The second kappa shape index (κ2) is 6.41. The van der Waals surface area contributed by atoms with E-state index in [1.807, 2.05) is 6.07 Å². The smallest absolute Gasteiger partial charge is 0.203 e. The van der Waals surface area contributed by atoms with Crippen molar-refractivity contribution in [2.75, 3.05) is 27.1 Å². The van der Waals surface area contributed by atoms with E-state index in [4.69, 9.17) is 14.2 Å². The minimum Gasteiger partial charge on any atom is -0.493 e. The predicted molar refractivity (Wildman–Crippen MR) is 87.9 cm³/mol. The number of fused-ring (bicyclic) bond motifs is 3. The first-order valence-electron chi connectivity index (χ1n) is 7.69. The zero-order valence-electron chi connectivity index (χ0n) is 13.3. The molecule has 0 bridgehead atoms. The number of carbonyl (C=O) groups is 1. The molecule has 2 atom stereocenters. The summed E-state index contributed by atoms with van der Waals surface area (Å²) in [6.07, 6.45) is 4.71. The van der Waals surface area contributed by atoms with E-state index in [0.717, 1.165) is 17.5 Å². The molecule has 22 heavy (non-hydrogen) atoms. The SMILES string of the molecule is COc1cc2c(c(OC)c1OC)[C@@H]1CCCC[C@H]1SCC2=O. The molecule has 0 aromatic heterocycles. The molecule has 0 unspecified atom stereocenters. The zero-order chi connectivity index (χ0) is 15.7. The third-order valence-corrected chi connectivity index (χ3v) is 6.09. The molecule has 0 saturated heterocycles. The van der Waals surface area contributed by atoms with Crippen LogP contribution >= 0.6 is 11.8 Å². The van der Waals surface area contributed by atoms with Crippen LogP contribution in [0.15, 0.2) is 6.07 Å². The predicted octanol–water partition coefficient (Wildman–Crippen LogP) is 3.67. The van der Waals surface area contributed by atoms with Gasteiger partial charge in [0.25, 0.3) is 0 Å². The molecule has 4 nitrogen and oxygen atoms in total. The van der Waals surface area contributed by atoms with Crippen molar-refractivity contribution < 1.29 is 19.0 Å². The van der Waals surface area contributed by atoms with Crippen LogP contribution in [0.2, 0.25) is 0 Å². The lowest BCUT2D eigenvalue weighted by Crippen LogP contribution is -2.20. The molecule has 120 valence electrons. The van der Waals surface area contributed by atoms with Gasteiger partial charge in [0.2, 0.25) is 5.75 Å². The monoisotopic (exact) mass is 322 g/mol. The number of methoxy groups -OCH3 is 3. The summed E-state index contributed by atoms with van der Waals surface area (Å²) in [5, 5.41) is 0.492. The largest absolute Gasteiger partial charge is 0.493 e. The molecule has 0 spiro atoms. The van der Waals surface area contributed by atoms with Crippen LogP contribution < -0.4 is 14.2 Å². The number of hydrogen-bond donors (Lipinski definition) is 0. The first-order chi connectivity index (χ1) is 10.7. The summed E-state index contributed by atoms with van der Waals surface area (Å²) < 4.78 is 16.6. The molecule has 1 aliphatic heterocycles. The van der Waals surface area contributed by atoms with Gasteiger partial charge in [0, 0.05) is 22.3 Å². The van der Waals surface area contributed by atoms with Crippen LogP contribution in [0.3, 0.4) is 0 Å². The number of benzene rings is 1. The van der Waals surface area contributed by atoms with Gasteiger partial charge in [0.1, 0.15) is 0 Å². The van der Waals surface area contributed by atoms with Crippen LogP contribution in [0, 0.1) is 0 Å². The normalized spacial score (nSPS) is 24.0. The maximum Gasteiger partial charge on any atom is 0.203 e. The topological polar surface area (TPSA) is 44.8 Å². The van der Waals surface area contributed by atoms with E-state index in [0.29, 0.717) is 34.2 Å². The average Bonchev–Trinajstić information content (AvgIpc) is 2.70. The number of rotatable bonds is 3. The van der Waals surface area contributed by atoms with Crippen molar-refractivity contribution in [1.82, 2.24) is 0 Å². The Balaban J connectivity index is 2.24. The van der Waals surface area contributed by atoms with Gasteiger partial charge in [-0.1, -0.05) is 12.8 Å². The molecule has 3 rings (SSSR count). The molecule has 0 radical (unpaired) electrons. The zero-order valence-corrected chi connectivity index (χ0v) is 14.1. The number of thioether (sulfide) groups is 1. The van der Waals surface area contributed by atoms with Crippen molar-refractivity contribution in [2.24, 2.45) is 0 Å². The Bertz CT molecular complexity index is 585. The van der Waals surface area contributed by atoms with Gasteiger partial charge in [-0.25, -0.2) is 0 Å². The molecule has 5 heteroatoms. The number of ketones is 1. The Labute approximate surface area is 135 Å². The highest BCUT2D eigenvalue weighted by molar-refractivity contribution is 8.00. The first kappa shape index (κ1) is 15.5. The second-order valence-electron chi connectivity index (χ2n) is 5.77. The van der Waals surface area contributed by atoms with Gasteiger partial charge in [-0.2, -0.15) is 0 Å². The van der Waals surface area contributed by atoms with Gasteiger partial charge in [-0.05, 0) is 18.9 Å². The number of Topliss-reactive ketones (excluding diaryl/α,β-unsaturated/α-hetero) is 1. The second-order valence-corrected chi connectivity index (χ2v) is 7.00. The lowest BCUT2D eigenvalue weighted by atomic mass is 9.80. The molecule has 2 aliphatic rings. The lowest BCUT2D eigenvalue weighted by molar-refractivity contribution is 0.102. The maximum atomic E-state index is 12.6. The van der Waals surface area contributed by atoms with Crippen molar-refractivity contribution >= 4 is 17.5 Å². The van der Waals surface area contributed by atoms with Crippen molar-refractivity contribution in [3.05, 3.63) is 17.2 Å². The average molecular weight is 322 g/mol. The Morgan fingerprint density at radius 1 is 1.05 bits per heavy atom. The molecule has 1 heterocycles. The van der Waals surface area contributed by atoms with Gasteiger partial charge in [-0.3, -0.25) is 4.79 Å². The molecule has 0 amide bonds. The van der Waals surface area contributed by atoms with Crippen molar-refractivity contribution in [3.8, 4) is 17.2 Å². The van der Waals surface area contributed by atoms with Gasteiger partial charge >= 0.3 is 0 Å². The molecular formula is C17H22O4S. The van der Waals surface area contributed by atoms with E-state index < -0.39 is 0 Å². The highest BCUT2D eigenvalue weighted by atomic mass is 32.2. The number of hydrogen-bond acceptors (Lipinski definition) is 5. The van der Waals surface area contributed by atoms with Crippen molar-refractivity contribution in [3.63, 3.8) is 0 Å². The van der Waals surface area contributed by atoms with E-state index in [1.54, 1.807) is 33.1 Å². The van der Waals surface area contributed by atoms with Crippen LogP contribution in [0.25, 0.3) is 0 Å². The molecular weight excluding hydrogens is 300 g/mol. The number of ether oxygens (including phenoxy) is 3. The molecule has 1 aliphatic carbocycles. The summed E-state index contributed by atoms with van der Waals surface area (Å²) in [4.78, 5) is 12.6. The molecule has 1 saturated carbocycles. The summed E-state index contributed by atoms with van der Waals surface area (Å²) in [6.45, 7) is 0. The van der Waals surface area contributed by atoms with E-state index in [-0.39, 0.29) is 5.78 Å². The lowest BCUT2D eigenvalue weighted by Gasteiger charge is -2.31. The molecule has 1 aromatic carbocycles. The third kappa shape index (κ3) is 2.45. The Kier molecular flexibility index (Phi) is 4.52. The minimum absolute atomic E-state index is 0.161. The van der Waals surface area contributed by atoms with Gasteiger partial charge in [-0.15, -0.1) is 11.8 Å². The Morgan fingerprint density at radius 3 is 2.45 bits per heavy atom. The molecule has 1 fully saturated rings. The fourth-order valence-electron chi connectivity index (χ4n) is 3.66. The van der Waals surface area contributed by atoms with Gasteiger partial charge in [0.15, 0.2) is 17.3 Å². The van der Waals surface area contributed by atoms with E-state index in [2.05, 4.69) is 0 Å². The van der Waals surface area contributed by atoms with Crippen LogP contribution in [0.1, 0.15) is 47.5 Å². The van der Waals surface area contributed by atoms with E-state index in [1.165, 1.54) is 19.3 Å². The van der Waals surface area contributed by atoms with Crippen LogP contribution in [-0.2, 0) is 0 Å². The fourth-order valence-corrected chi connectivity index (χ4v) is 5.02. The highest BCUT2D eigenvalue weighted by Gasteiger charge is 2.37. The van der Waals surface area contributed by atoms with E-state index in [9.17, 15) is 4.79 Å². The Morgan fingerprint density at radius 2 is 1.77 bits per heavy atom. The Hall–Kier alpha value is -1.36. The van der Waals surface area contributed by atoms with Crippen molar-refractivity contribution in [2.45, 2.75) is 36.9 Å². The van der Waals surface area contributed by atoms with Crippen LogP contribution in [0.5, 0.6) is 17.2 Å². The summed E-state index contributed by atoms with van der Waals surface area (Å²) in [7, 11) is 4.83. The minimum atomic E-state index is 0.161. The first-order valence-corrected chi connectivity index (χ1v) is 8.73. The summed E-state index contributed by atoms with van der Waals surface area (Å²) in [5.74, 6) is 2.87. The quantitative estimate of drug-likeness (QED) is 0.849. The van der Waals surface area contributed by atoms with Crippen molar-refractivity contribution in [1.29, 1.82) is 0 Å². The molecule has 0 N–H and O–H groups in total. The maximum absolute atomic E-state index is 12.6. The van der Waals surface area contributed by atoms with Crippen LogP contribution in [-0.4, -0.2) is 38.1 Å². The summed E-state index contributed by atoms with van der Waals surface area (Å²) in [5.41, 5.74) is 1.77. The third-order valence-electron chi connectivity index (χ3n) is 4.67. The number of carbonyl (C=O) groups excluding carboxylic acids is 1. The fraction of sp³-hybridized carbons (Fsp3) is 0.588. The van der Waals surface area contributed by atoms with Gasteiger partial charge < -0.3 is 14.2 Å². The van der Waals surface area contributed by atoms with Gasteiger partial charge in [0.05, 0.1) is 27.1 Å². The van der Waals surface area contributed by atoms with E-state index >= 15 is 0 Å².